The fourth-order valence-electron chi connectivity index (χ4n) is 2.19. The molecule has 1 aliphatic rings. The van der Waals surface area contributed by atoms with Gasteiger partial charge in [0.15, 0.2) is 0 Å². The maximum absolute atomic E-state index is 11.7. The lowest BCUT2D eigenvalue weighted by molar-refractivity contribution is -0.122. The van der Waals surface area contributed by atoms with Gasteiger partial charge in [-0.05, 0) is 29.7 Å². The molecule has 1 heterocycles. The SMILES string of the molecule is CC(C)(C)CC(=O)NCC#Cc1ccc(N2CCOC2=O)cc1. The predicted molar refractivity (Wildman–Crippen MR) is 89.1 cm³/mol. The highest BCUT2D eigenvalue weighted by Gasteiger charge is 2.23. The van der Waals surface area contributed by atoms with Gasteiger partial charge in [-0.2, -0.15) is 0 Å². The number of amides is 2. The molecule has 0 spiro atoms. The van der Waals surface area contributed by atoms with Crippen LogP contribution in [-0.2, 0) is 9.53 Å². The zero-order chi connectivity index (χ0) is 16.9. The molecule has 1 aromatic rings. The van der Waals surface area contributed by atoms with E-state index in [9.17, 15) is 9.59 Å². The highest BCUT2D eigenvalue weighted by Crippen LogP contribution is 2.19. The molecule has 0 saturated carbocycles. The molecule has 2 rings (SSSR count). The van der Waals surface area contributed by atoms with E-state index in [1.807, 2.05) is 45.0 Å². The second kappa shape index (κ2) is 7.19. The van der Waals surface area contributed by atoms with Crippen molar-refractivity contribution in [2.75, 3.05) is 24.6 Å². The standard InChI is InChI=1S/C18H22N2O3/c1-18(2,3)13-16(21)19-10-4-5-14-6-8-15(9-7-14)20-11-12-23-17(20)22/h6-9H,10-13H2,1-3H3,(H,19,21). The molecule has 0 unspecified atom stereocenters. The molecular formula is C18H22N2O3. The van der Waals surface area contributed by atoms with Crippen LogP contribution in [0, 0.1) is 17.3 Å². The van der Waals surface area contributed by atoms with E-state index in [0.717, 1.165) is 11.3 Å². The highest BCUT2D eigenvalue weighted by molar-refractivity contribution is 5.89. The largest absolute Gasteiger partial charge is 0.447 e. The monoisotopic (exact) mass is 314 g/mol. The maximum atomic E-state index is 11.7. The lowest BCUT2D eigenvalue weighted by atomic mass is 9.92. The van der Waals surface area contributed by atoms with E-state index in [1.165, 1.54) is 0 Å². The first kappa shape index (κ1) is 16.9. The summed E-state index contributed by atoms with van der Waals surface area (Å²) in [4.78, 5) is 24.7. The Kier molecular flexibility index (Phi) is 5.28. The van der Waals surface area contributed by atoms with Crippen molar-refractivity contribution in [3.8, 4) is 11.8 Å². The van der Waals surface area contributed by atoms with E-state index in [2.05, 4.69) is 17.2 Å². The van der Waals surface area contributed by atoms with Gasteiger partial charge >= 0.3 is 6.09 Å². The maximum Gasteiger partial charge on any atom is 0.414 e. The van der Waals surface area contributed by atoms with Crippen LogP contribution in [0.2, 0.25) is 0 Å². The molecule has 0 radical (unpaired) electrons. The molecule has 2 amide bonds. The van der Waals surface area contributed by atoms with Gasteiger partial charge in [0.1, 0.15) is 6.61 Å². The lowest BCUT2D eigenvalue weighted by Gasteiger charge is -2.16. The average Bonchev–Trinajstić information content (AvgIpc) is 2.89. The van der Waals surface area contributed by atoms with E-state index in [0.29, 0.717) is 26.1 Å². The van der Waals surface area contributed by atoms with Gasteiger partial charge < -0.3 is 10.1 Å². The molecule has 5 nitrogen and oxygen atoms in total. The van der Waals surface area contributed by atoms with Gasteiger partial charge in [0.25, 0.3) is 0 Å². The van der Waals surface area contributed by atoms with Crippen LogP contribution in [0.3, 0.4) is 0 Å². The summed E-state index contributed by atoms with van der Waals surface area (Å²) >= 11 is 0. The minimum atomic E-state index is -0.314. The molecule has 1 fully saturated rings. The Morgan fingerprint density at radius 2 is 2.00 bits per heavy atom. The smallest absolute Gasteiger partial charge is 0.414 e. The molecule has 1 saturated heterocycles. The third-order valence-electron chi connectivity index (χ3n) is 3.24. The van der Waals surface area contributed by atoms with Crippen molar-refractivity contribution in [2.24, 2.45) is 5.41 Å². The van der Waals surface area contributed by atoms with E-state index in [4.69, 9.17) is 4.74 Å². The molecule has 1 aromatic carbocycles. The highest BCUT2D eigenvalue weighted by atomic mass is 16.6. The molecule has 122 valence electrons. The van der Waals surface area contributed by atoms with Gasteiger partial charge in [0.05, 0.1) is 13.1 Å². The Morgan fingerprint density at radius 1 is 1.30 bits per heavy atom. The van der Waals surface area contributed by atoms with Crippen molar-refractivity contribution in [1.82, 2.24) is 5.32 Å². The first-order valence-electron chi connectivity index (χ1n) is 7.65. The number of carbonyl (C=O) groups excluding carboxylic acids is 2. The van der Waals surface area contributed by atoms with Crippen molar-refractivity contribution in [3.05, 3.63) is 29.8 Å². The number of nitrogens with one attached hydrogen (secondary N) is 1. The van der Waals surface area contributed by atoms with Crippen molar-refractivity contribution in [3.63, 3.8) is 0 Å². The Morgan fingerprint density at radius 3 is 2.57 bits per heavy atom. The van der Waals surface area contributed by atoms with Gasteiger partial charge in [-0.3, -0.25) is 9.69 Å². The molecule has 0 aliphatic carbocycles. The Hall–Kier alpha value is -2.48. The Bertz CT molecular complexity index is 633. The quantitative estimate of drug-likeness (QED) is 0.872. The number of carbonyl (C=O) groups is 2. The van der Waals surface area contributed by atoms with Crippen LogP contribution in [0.15, 0.2) is 24.3 Å². The number of hydrogen-bond acceptors (Lipinski definition) is 3. The van der Waals surface area contributed by atoms with Crippen LogP contribution in [0.4, 0.5) is 10.5 Å². The normalized spacial score (nSPS) is 14.0. The van der Waals surface area contributed by atoms with Crippen LogP contribution in [0.25, 0.3) is 0 Å². The fraction of sp³-hybridized carbons (Fsp3) is 0.444. The van der Waals surface area contributed by atoms with Gasteiger partial charge in [-0.15, -0.1) is 0 Å². The minimum Gasteiger partial charge on any atom is -0.447 e. The third kappa shape index (κ3) is 5.33. The Balaban J connectivity index is 1.85. The van der Waals surface area contributed by atoms with Crippen LogP contribution < -0.4 is 10.2 Å². The molecule has 0 aromatic heterocycles. The summed E-state index contributed by atoms with van der Waals surface area (Å²) in [5, 5.41) is 2.79. The number of hydrogen-bond donors (Lipinski definition) is 1. The van der Waals surface area contributed by atoms with Crippen molar-refractivity contribution in [1.29, 1.82) is 0 Å². The van der Waals surface area contributed by atoms with Gasteiger partial charge in [-0.25, -0.2) is 4.79 Å². The number of benzene rings is 1. The average molecular weight is 314 g/mol. The van der Waals surface area contributed by atoms with Crippen LogP contribution >= 0.6 is 0 Å². The van der Waals surface area contributed by atoms with Crippen LogP contribution in [0.5, 0.6) is 0 Å². The lowest BCUT2D eigenvalue weighted by Crippen LogP contribution is -2.27. The summed E-state index contributed by atoms with van der Waals surface area (Å²) in [5.41, 5.74) is 1.62. The van der Waals surface area contributed by atoms with Crippen molar-refractivity contribution in [2.45, 2.75) is 27.2 Å². The molecule has 1 aliphatic heterocycles. The Labute approximate surface area is 137 Å². The number of anilines is 1. The summed E-state index contributed by atoms with van der Waals surface area (Å²) in [6, 6.07) is 7.39. The third-order valence-corrected chi connectivity index (χ3v) is 3.24. The first-order chi connectivity index (χ1) is 10.8. The zero-order valence-electron chi connectivity index (χ0n) is 13.8. The number of rotatable bonds is 3. The van der Waals surface area contributed by atoms with E-state index in [-0.39, 0.29) is 17.4 Å². The molecule has 23 heavy (non-hydrogen) atoms. The van der Waals surface area contributed by atoms with Gasteiger partial charge in [-0.1, -0.05) is 32.6 Å². The van der Waals surface area contributed by atoms with Crippen molar-refractivity contribution < 1.29 is 14.3 Å². The molecular weight excluding hydrogens is 292 g/mol. The topological polar surface area (TPSA) is 58.6 Å². The first-order valence-corrected chi connectivity index (χ1v) is 7.65. The van der Waals surface area contributed by atoms with E-state index < -0.39 is 0 Å². The van der Waals surface area contributed by atoms with Crippen molar-refractivity contribution >= 4 is 17.7 Å². The molecule has 5 heteroatoms. The second-order valence-electron chi connectivity index (χ2n) is 6.63. The second-order valence-corrected chi connectivity index (χ2v) is 6.63. The molecule has 0 bridgehead atoms. The van der Waals surface area contributed by atoms with Crippen LogP contribution in [-0.4, -0.2) is 31.7 Å². The summed E-state index contributed by atoms with van der Waals surface area (Å²) in [6.45, 7) is 7.40. The summed E-state index contributed by atoms with van der Waals surface area (Å²) < 4.78 is 4.91. The summed E-state index contributed by atoms with van der Waals surface area (Å²) in [5.74, 6) is 5.93. The number of ether oxygens (including phenoxy) is 1. The van der Waals surface area contributed by atoms with Gasteiger partial charge in [0, 0.05) is 17.7 Å². The van der Waals surface area contributed by atoms with E-state index >= 15 is 0 Å². The fourth-order valence-corrected chi connectivity index (χ4v) is 2.19. The number of cyclic esters (lactones) is 1. The number of nitrogens with zero attached hydrogens (tertiary/aromatic N) is 1. The zero-order valence-corrected chi connectivity index (χ0v) is 13.8. The molecule has 0 atom stereocenters. The summed E-state index contributed by atoms with van der Waals surface area (Å²) in [6.07, 6.45) is 0.167. The minimum absolute atomic E-state index is 0.00898. The van der Waals surface area contributed by atoms with Crippen LogP contribution in [0.1, 0.15) is 32.8 Å². The van der Waals surface area contributed by atoms with Gasteiger partial charge in [0.2, 0.25) is 5.91 Å². The molecule has 1 N–H and O–H groups in total. The predicted octanol–water partition coefficient (Wildman–Crippen LogP) is 2.55. The van der Waals surface area contributed by atoms with E-state index in [1.54, 1.807) is 4.90 Å². The summed E-state index contributed by atoms with van der Waals surface area (Å²) in [7, 11) is 0.